The van der Waals surface area contributed by atoms with Crippen LogP contribution in [0, 0.1) is 5.92 Å². The summed E-state index contributed by atoms with van der Waals surface area (Å²) in [5.41, 5.74) is 2.50. The molecule has 0 aliphatic rings. The first kappa shape index (κ1) is 14.0. The van der Waals surface area contributed by atoms with Gasteiger partial charge in [-0.2, -0.15) is 0 Å². The highest BCUT2D eigenvalue weighted by Gasteiger charge is 2.03. The number of nitrogens with one attached hydrogen (secondary N) is 1. The fourth-order valence-electron chi connectivity index (χ4n) is 1.96. The quantitative estimate of drug-likeness (QED) is 0.723. The van der Waals surface area contributed by atoms with Crippen molar-refractivity contribution in [2.45, 2.75) is 39.5 Å². The summed E-state index contributed by atoms with van der Waals surface area (Å²) in [7, 11) is 0. The van der Waals surface area contributed by atoms with Gasteiger partial charge in [0.15, 0.2) is 0 Å². The van der Waals surface area contributed by atoms with Gasteiger partial charge in [-0.25, -0.2) is 0 Å². The van der Waals surface area contributed by atoms with Crippen molar-refractivity contribution in [3.05, 3.63) is 29.8 Å². The summed E-state index contributed by atoms with van der Waals surface area (Å²) in [6.07, 6.45) is 4.26. The van der Waals surface area contributed by atoms with Gasteiger partial charge in [0.05, 0.1) is 0 Å². The molecule has 0 radical (unpaired) electrons. The maximum atomic E-state index is 8.82. The molecule has 0 atom stereocenters. The van der Waals surface area contributed by atoms with Gasteiger partial charge in [-0.3, -0.25) is 0 Å². The normalized spacial score (nSPS) is 10.8. The van der Waals surface area contributed by atoms with Crippen LogP contribution in [0.25, 0.3) is 0 Å². The molecule has 0 bridgehead atoms. The number of hydrogen-bond acceptors (Lipinski definition) is 2. The summed E-state index contributed by atoms with van der Waals surface area (Å²) in [6.45, 7) is 5.81. The van der Waals surface area contributed by atoms with E-state index in [1.54, 1.807) is 0 Å². The van der Waals surface area contributed by atoms with Crippen LogP contribution in [0.4, 0.5) is 5.69 Å². The summed E-state index contributed by atoms with van der Waals surface area (Å²) in [6, 6.07) is 8.52. The second-order valence-electron chi connectivity index (χ2n) is 4.59. The van der Waals surface area contributed by atoms with Crippen LogP contribution < -0.4 is 5.32 Å². The maximum Gasteiger partial charge on any atom is 0.0434 e. The topological polar surface area (TPSA) is 32.3 Å². The number of hydrogen-bond donors (Lipinski definition) is 2. The minimum atomic E-state index is 0.269. The molecule has 0 amide bonds. The van der Waals surface area contributed by atoms with E-state index in [0.717, 1.165) is 25.3 Å². The molecule has 2 heteroatoms. The van der Waals surface area contributed by atoms with Crippen LogP contribution in [0.3, 0.4) is 0 Å². The zero-order chi connectivity index (χ0) is 12.5. The van der Waals surface area contributed by atoms with Crippen LogP contribution in [0.2, 0.25) is 0 Å². The average molecular weight is 235 g/mol. The molecule has 2 nitrogen and oxygen atoms in total. The van der Waals surface area contributed by atoms with E-state index in [2.05, 4.69) is 43.4 Å². The van der Waals surface area contributed by atoms with E-state index >= 15 is 0 Å². The second kappa shape index (κ2) is 8.13. The van der Waals surface area contributed by atoms with Crippen molar-refractivity contribution in [1.29, 1.82) is 0 Å². The van der Waals surface area contributed by atoms with Crippen molar-refractivity contribution in [2.75, 3.05) is 18.5 Å². The van der Waals surface area contributed by atoms with Gasteiger partial charge in [0.25, 0.3) is 0 Å². The van der Waals surface area contributed by atoms with Gasteiger partial charge >= 0.3 is 0 Å². The minimum Gasteiger partial charge on any atom is -0.396 e. The third-order valence-corrected chi connectivity index (χ3v) is 3.30. The molecule has 0 heterocycles. The first-order chi connectivity index (χ1) is 8.30. The molecule has 0 aliphatic carbocycles. The molecular weight excluding hydrogens is 210 g/mol. The molecule has 0 saturated heterocycles. The van der Waals surface area contributed by atoms with Crippen LogP contribution in [-0.4, -0.2) is 18.3 Å². The van der Waals surface area contributed by atoms with Gasteiger partial charge in [-0.15, -0.1) is 0 Å². The molecular formula is C15H25NO. The van der Waals surface area contributed by atoms with Crippen LogP contribution in [0.15, 0.2) is 24.3 Å². The van der Waals surface area contributed by atoms with Crippen LogP contribution in [0.1, 0.15) is 38.7 Å². The molecule has 0 fully saturated rings. The average Bonchev–Trinajstić information content (AvgIpc) is 2.38. The Balaban J connectivity index is 2.47. The van der Waals surface area contributed by atoms with Crippen molar-refractivity contribution < 1.29 is 5.11 Å². The number of rotatable bonds is 8. The van der Waals surface area contributed by atoms with E-state index < -0.39 is 0 Å². The van der Waals surface area contributed by atoms with E-state index in [0.29, 0.717) is 0 Å². The number of anilines is 1. The lowest BCUT2D eigenvalue weighted by molar-refractivity contribution is 0.288. The highest BCUT2D eigenvalue weighted by Crippen LogP contribution is 2.14. The number of aryl methyl sites for hydroxylation is 1. The first-order valence-electron chi connectivity index (χ1n) is 6.73. The number of aliphatic hydroxyl groups excluding tert-OH is 1. The molecule has 17 heavy (non-hydrogen) atoms. The molecule has 96 valence electrons. The first-order valence-corrected chi connectivity index (χ1v) is 6.73. The molecule has 1 rings (SSSR count). The lowest BCUT2D eigenvalue weighted by Crippen LogP contribution is -2.12. The summed E-state index contributed by atoms with van der Waals surface area (Å²) < 4.78 is 0. The molecule has 0 saturated carbocycles. The standard InChI is InChI=1S/C15H25NO/c1-3-13(4-2)12-16-15-9-5-7-14(11-15)8-6-10-17/h5,7,9,11,13,16-17H,3-4,6,8,10,12H2,1-2H3. The van der Waals surface area contributed by atoms with E-state index in [9.17, 15) is 0 Å². The molecule has 0 unspecified atom stereocenters. The van der Waals surface area contributed by atoms with Crippen LogP contribution in [0.5, 0.6) is 0 Å². The fraction of sp³-hybridized carbons (Fsp3) is 0.600. The van der Waals surface area contributed by atoms with Gasteiger partial charge < -0.3 is 10.4 Å². The molecule has 2 N–H and O–H groups in total. The van der Waals surface area contributed by atoms with Crippen LogP contribution >= 0.6 is 0 Å². The fourth-order valence-corrected chi connectivity index (χ4v) is 1.96. The van der Waals surface area contributed by atoms with Gasteiger partial charge in [0, 0.05) is 18.8 Å². The van der Waals surface area contributed by atoms with Gasteiger partial charge in [-0.1, -0.05) is 38.8 Å². The van der Waals surface area contributed by atoms with Crippen molar-refractivity contribution in [3.8, 4) is 0 Å². The van der Waals surface area contributed by atoms with Gasteiger partial charge in [0.1, 0.15) is 0 Å². The highest BCUT2D eigenvalue weighted by molar-refractivity contribution is 5.45. The molecule has 1 aromatic rings. The summed E-state index contributed by atoms with van der Waals surface area (Å²) in [5, 5.41) is 12.3. The second-order valence-corrected chi connectivity index (χ2v) is 4.59. The Kier molecular flexibility index (Phi) is 6.71. The lowest BCUT2D eigenvalue weighted by atomic mass is 10.0. The largest absolute Gasteiger partial charge is 0.396 e. The van der Waals surface area contributed by atoms with Crippen molar-refractivity contribution in [3.63, 3.8) is 0 Å². The smallest absolute Gasteiger partial charge is 0.0434 e. The van der Waals surface area contributed by atoms with Crippen LogP contribution in [-0.2, 0) is 6.42 Å². The Morgan fingerprint density at radius 1 is 1.24 bits per heavy atom. The van der Waals surface area contributed by atoms with E-state index in [1.807, 2.05) is 0 Å². The number of benzene rings is 1. The Bertz CT molecular complexity index is 308. The van der Waals surface area contributed by atoms with Crippen molar-refractivity contribution >= 4 is 5.69 Å². The Hall–Kier alpha value is -1.02. The van der Waals surface area contributed by atoms with E-state index in [-0.39, 0.29) is 6.61 Å². The summed E-state index contributed by atoms with van der Waals surface area (Å²) in [4.78, 5) is 0. The molecule has 0 aromatic heterocycles. The Labute approximate surface area is 105 Å². The third-order valence-electron chi connectivity index (χ3n) is 3.30. The predicted molar refractivity (Wildman–Crippen MR) is 74.4 cm³/mol. The van der Waals surface area contributed by atoms with E-state index in [1.165, 1.54) is 24.1 Å². The van der Waals surface area contributed by atoms with Gasteiger partial charge in [0.2, 0.25) is 0 Å². The lowest BCUT2D eigenvalue weighted by Gasteiger charge is -2.14. The maximum absolute atomic E-state index is 8.82. The molecule has 1 aromatic carbocycles. The predicted octanol–water partition coefficient (Wildman–Crippen LogP) is 3.46. The molecule has 0 spiro atoms. The summed E-state index contributed by atoms with van der Waals surface area (Å²) >= 11 is 0. The Morgan fingerprint density at radius 3 is 2.65 bits per heavy atom. The number of aliphatic hydroxyl groups is 1. The minimum absolute atomic E-state index is 0.269. The highest BCUT2D eigenvalue weighted by atomic mass is 16.2. The van der Waals surface area contributed by atoms with Crippen molar-refractivity contribution in [1.82, 2.24) is 0 Å². The Morgan fingerprint density at radius 2 is 2.00 bits per heavy atom. The zero-order valence-corrected chi connectivity index (χ0v) is 11.1. The van der Waals surface area contributed by atoms with Gasteiger partial charge in [-0.05, 0) is 36.5 Å². The van der Waals surface area contributed by atoms with Crippen molar-refractivity contribution in [2.24, 2.45) is 5.92 Å². The monoisotopic (exact) mass is 235 g/mol. The third kappa shape index (κ3) is 5.22. The zero-order valence-electron chi connectivity index (χ0n) is 11.1. The SMILES string of the molecule is CCC(CC)CNc1cccc(CCCO)c1. The summed E-state index contributed by atoms with van der Waals surface area (Å²) in [5.74, 6) is 0.760. The molecule has 0 aliphatic heterocycles. The van der Waals surface area contributed by atoms with E-state index in [4.69, 9.17) is 5.11 Å².